The van der Waals surface area contributed by atoms with E-state index in [2.05, 4.69) is 38.0 Å². The maximum absolute atomic E-state index is 11.1. The lowest BCUT2D eigenvalue weighted by molar-refractivity contribution is 0.0696. The fourth-order valence-electron chi connectivity index (χ4n) is 1.17. The molecule has 16 heavy (non-hydrogen) atoms. The van der Waals surface area contributed by atoms with Gasteiger partial charge in [-0.05, 0) is 19.4 Å². The molecule has 1 rings (SSSR count). The van der Waals surface area contributed by atoms with Gasteiger partial charge >= 0.3 is 5.97 Å². The maximum atomic E-state index is 11.1. The van der Waals surface area contributed by atoms with E-state index >= 15 is 0 Å². The van der Waals surface area contributed by atoms with Crippen molar-refractivity contribution in [2.75, 3.05) is 11.9 Å². The molecule has 0 spiro atoms. The van der Waals surface area contributed by atoms with Crippen molar-refractivity contribution < 1.29 is 9.90 Å². The number of carbonyl (C=O) groups is 1. The molecule has 0 saturated heterocycles. The Balaban J connectivity index is 3.13. The van der Waals surface area contributed by atoms with Crippen molar-refractivity contribution in [3.63, 3.8) is 0 Å². The SMILES string of the molecule is C=C(Br)CNc1nnc(C)c(C)c1C(=O)O. The molecule has 0 aliphatic carbocycles. The molecule has 86 valence electrons. The molecular weight excluding hydrogens is 274 g/mol. The van der Waals surface area contributed by atoms with E-state index in [9.17, 15) is 4.79 Å². The summed E-state index contributed by atoms with van der Waals surface area (Å²) < 4.78 is 0.712. The first-order valence-electron chi connectivity index (χ1n) is 4.57. The third-order valence-corrected chi connectivity index (χ3v) is 2.40. The van der Waals surface area contributed by atoms with Gasteiger partial charge in [-0.1, -0.05) is 22.5 Å². The lowest BCUT2D eigenvalue weighted by atomic mass is 10.1. The second-order valence-corrected chi connectivity index (χ2v) is 4.43. The predicted octanol–water partition coefficient (Wildman–Crippen LogP) is 2.11. The molecule has 0 atom stereocenters. The Morgan fingerprint density at radius 2 is 2.12 bits per heavy atom. The molecule has 0 amide bonds. The van der Waals surface area contributed by atoms with Gasteiger partial charge in [0, 0.05) is 11.0 Å². The zero-order valence-corrected chi connectivity index (χ0v) is 10.6. The van der Waals surface area contributed by atoms with Crippen LogP contribution in [0.2, 0.25) is 0 Å². The number of aromatic carboxylic acids is 1. The van der Waals surface area contributed by atoms with Crippen LogP contribution in [0.3, 0.4) is 0 Å². The van der Waals surface area contributed by atoms with E-state index < -0.39 is 5.97 Å². The molecule has 0 aliphatic rings. The van der Waals surface area contributed by atoms with Gasteiger partial charge in [0.25, 0.3) is 0 Å². The summed E-state index contributed by atoms with van der Waals surface area (Å²) in [6, 6.07) is 0. The molecule has 0 saturated carbocycles. The van der Waals surface area contributed by atoms with Crippen LogP contribution in [0.1, 0.15) is 21.6 Å². The number of hydrogen-bond acceptors (Lipinski definition) is 4. The summed E-state index contributed by atoms with van der Waals surface area (Å²) in [5, 5.41) is 19.7. The molecule has 0 fully saturated rings. The molecule has 0 bridgehead atoms. The minimum atomic E-state index is -1.02. The van der Waals surface area contributed by atoms with Gasteiger partial charge in [0.2, 0.25) is 0 Å². The van der Waals surface area contributed by atoms with Crippen LogP contribution < -0.4 is 5.32 Å². The van der Waals surface area contributed by atoms with E-state index in [0.29, 0.717) is 22.3 Å². The van der Waals surface area contributed by atoms with Gasteiger partial charge in [-0.15, -0.1) is 5.10 Å². The van der Waals surface area contributed by atoms with Crippen LogP contribution in [0.4, 0.5) is 5.82 Å². The first-order valence-corrected chi connectivity index (χ1v) is 5.37. The fourth-order valence-corrected chi connectivity index (χ4v) is 1.31. The van der Waals surface area contributed by atoms with Crippen LogP contribution in [0.25, 0.3) is 0 Å². The van der Waals surface area contributed by atoms with E-state index in [-0.39, 0.29) is 11.4 Å². The lowest BCUT2D eigenvalue weighted by Crippen LogP contribution is -2.13. The zero-order chi connectivity index (χ0) is 12.3. The topological polar surface area (TPSA) is 75.1 Å². The molecule has 1 heterocycles. The number of carboxylic acids is 1. The van der Waals surface area contributed by atoms with Crippen molar-refractivity contribution in [1.29, 1.82) is 0 Å². The highest BCUT2D eigenvalue weighted by atomic mass is 79.9. The van der Waals surface area contributed by atoms with E-state index in [0.717, 1.165) is 0 Å². The first kappa shape index (κ1) is 12.6. The maximum Gasteiger partial charge on any atom is 0.339 e. The highest BCUT2D eigenvalue weighted by Gasteiger charge is 2.17. The molecule has 0 radical (unpaired) electrons. The lowest BCUT2D eigenvalue weighted by Gasteiger charge is -2.10. The Kier molecular flexibility index (Phi) is 4.00. The van der Waals surface area contributed by atoms with Crippen molar-refractivity contribution >= 4 is 27.7 Å². The summed E-state index contributed by atoms with van der Waals surface area (Å²) in [5.74, 6) is -0.755. The molecule has 0 aliphatic heterocycles. The van der Waals surface area contributed by atoms with E-state index in [1.54, 1.807) is 13.8 Å². The second kappa shape index (κ2) is 5.07. The standard InChI is InChI=1S/C10H12BrN3O2/c1-5(11)4-12-9-8(10(15)16)6(2)7(3)13-14-9/h1,4H2,2-3H3,(H,12,14)(H,15,16). The van der Waals surface area contributed by atoms with Crippen LogP contribution in [0.15, 0.2) is 11.1 Å². The summed E-state index contributed by atoms with van der Waals surface area (Å²) in [7, 11) is 0. The van der Waals surface area contributed by atoms with E-state index in [1.165, 1.54) is 0 Å². The Morgan fingerprint density at radius 3 is 2.62 bits per heavy atom. The number of nitrogens with one attached hydrogen (secondary N) is 1. The Morgan fingerprint density at radius 1 is 1.50 bits per heavy atom. The number of carboxylic acid groups (broad SMARTS) is 1. The summed E-state index contributed by atoms with van der Waals surface area (Å²) >= 11 is 3.17. The molecule has 6 heteroatoms. The number of rotatable bonds is 4. The quantitative estimate of drug-likeness (QED) is 0.886. The van der Waals surface area contributed by atoms with Gasteiger partial charge in [-0.25, -0.2) is 4.79 Å². The number of aromatic nitrogens is 2. The predicted molar refractivity (Wildman–Crippen MR) is 65.0 cm³/mol. The van der Waals surface area contributed by atoms with Gasteiger partial charge < -0.3 is 10.4 Å². The highest BCUT2D eigenvalue weighted by Crippen LogP contribution is 2.18. The van der Waals surface area contributed by atoms with Crippen LogP contribution in [0, 0.1) is 13.8 Å². The third kappa shape index (κ3) is 2.79. The van der Waals surface area contributed by atoms with Crippen molar-refractivity contribution in [3.8, 4) is 0 Å². The van der Waals surface area contributed by atoms with Gasteiger partial charge in [-0.2, -0.15) is 5.10 Å². The number of aryl methyl sites for hydroxylation is 1. The minimum Gasteiger partial charge on any atom is -0.478 e. The Labute approximate surface area is 102 Å². The Hall–Kier alpha value is -1.43. The zero-order valence-electron chi connectivity index (χ0n) is 9.04. The van der Waals surface area contributed by atoms with Crippen molar-refractivity contribution in [1.82, 2.24) is 10.2 Å². The molecule has 1 aromatic rings. The van der Waals surface area contributed by atoms with Crippen LogP contribution in [-0.4, -0.2) is 27.8 Å². The first-order chi connectivity index (χ1) is 7.43. The number of anilines is 1. The second-order valence-electron chi connectivity index (χ2n) is 3.31. The van der Waals surface area contributed by atoms with Crippen LogP contribution in [-0.2, 0) is 0 Å². The Bertz CT molecular complexity index is 446. The van der Waals surface area contributed by atoms with Crippen molar-refractivity contribution in [3.05, 3.63) is 27.9 Å². The molecule has 0 unspecified atom stereocenters. The minimum absolute atomic E-state index is 0.154. The van der Waals surface area contributed by atoms with Crippen molar-refractivity contribution in [2.45, 2.75) is 13.8 Å². The number of halogens is 1. The summed E-state index contributed by atoms with van der Waals surface area (Å²) in [4.78, 5) is 11.1. The van der Waals surface area contributed by atoms with E-state index in [4.69, 9.17) is 5.11 Å². The largest absolute Gasteiger partial charge is 0.478 e. The highest BCUT2D eigenvalue weighted by molar-refractivity contribution is 9.11. The molecule has 5 nitrogen and oxygen atoms in total. The van der Waals surface area contributed by atoms with Crippen LogP contribution >= 0.6 is 15.9 Å². The monoisotopic (exact) mass is 285 g/mol. The average Bonchev–Trinajstić information content (AvgIpc) is 2.19. The summed E-state index contributed by atoms with van der Waals surface area (Å²) in [5.41, 5.74) is 1.38. The molecule has 2 N–H and O–H groups in total. The van der Waals surface area contributed by atoms with Gasteiger partial charge in [0.15, 0.2) is 5.82 Å². The molecule has 0 aromatic carbocycles. The van der Waals surface area contributed by atoms with Gasteiger partial charge in [0.1, 0.15) is 5.56 Å². The summed E-state index contributed by atoms with van der Waals surface area (Å²) in [6.45, 7) is 7.48. The van der Waals surface area contributed by atoms with Crippen molar-refractivity contribution in [2.24, 2.45) is 0 Å². The third-order valence-electron chi connectivity index (χ3n) is 2.12. The smallest absolute Gasteiger partial charge is 0.339 e. The normalized spacial score (nSPS) is 9.94. The average molecular weight is 286 g/mol. The van der Waals surface area contributed by atoms with Crippen LogP contribution in [0.5, 0.6) is 0 Å². The fraction of sp³-hybridized carbons (Fsp3) is 0.300. The molecule has 1 aromatic heterocycles. The van der Waals surface area contributed by atoms with Gasteiger partial charge in [0.05, 0.1) is 5.69 Å². The number of nitrogens with zero attached hydrogens (tertiary/aromatic N) is 2. The summed E-state index contributed by atoms with van der Waals surface area (Å²) in [6.07, 6.45) is 0. The molecular formula is C10H12BrN3O2. The van der Waals surface area contributed by atoms with E-state index in [1.807, 2.05) is 0 Å². The van der Waals surface area contributed by atoms with Gasteiger partial charge in [-0.3, -0.25) is 0 Å². The number of hydrogen-bond donors (Lipinski definition) is 2.